The van der Waals surface area contributed by atoms with Gasteiger partial charge < -0.3 is 0 Å². The van der Waals surface area contributed by atoms with Crippen LogP contribution in [0.5, 0.6) is 0 Å². The van der Waals surface area contributed by atoms with Crippen LogP contribution in [0.25, 0.3) is 0 Å². The standard InChI is InChI=1S/Cl2O.Sr.2H/c1-3-2;;;. The van der Waals surface area contributed by atoms with Crippen LogP contribution in [0.1, 0.15) is 0 Å². The molecule has 0 aliphatic rings. The fourth-order valence-electron chi connectivity index (χ4n) is 0. The fourth-order valence-corrected chi connectivity index (χ4v) is 0. The molecule has 0 N–H and O–H groups in total. The topological polar surface area (TPSA) is 9.23 Å². The Hall–Kier alpha value is 2.02. The van der Waals surface area contributed by atoms with Gasteiger partial charge in [0.1, 0.15) is 0 Å². The van der Waals surface area contributed by atoms with Gasteiger partial charge in [0.05, 0.1) is 23.7 Å². The first kappa shape index (κ1) is 9.39. The predicted octanol–water partition coefficient (Wildman–Crippen LogP) is 0.394. The molecule has 0 heterocycles. The zero-order chi connectivity index (χ0) is 2.71. The van der Waals surface area contributed by atoms with E-state index in [0.717, 1.165) is 0 Å². The van der Waals surface area contributed by atoms with E-state index in [-0.39, 0.29) is 45.5 Å². The van der Waals surface area contributed by atoms with Crippen LogP contribution < -0.4 is 0 Å². The summed E-state index contributed by atoms with van der Waals surface area (Å²) < 4.78 is 3.19. The van der Waals surface area contributed by atoms with Crippen LogP contribution in [-0.4, -0.2) is 45.5 Å². The molecule has 0 aromatic heterocycles. The van der Waals surface area contributed by atoms with Gasteiger partial charge in [-0.1, -0.05) is 0 Å². The SMILES string of the molecule is ClOCl.[SrH2]. The molecule has 0 aromatic rings. The third kappa shape index (κ3) is 8.99. The molecule has 24 valence electrons. The van der Waals surface area contributed by atoms with E-state index in [0.29, 0.717) is 0 Å². The van der Waals surface area contributed by atoms with E-state index in [1.165, 1.54) is 0 Å². The average molecular weight is 177 g/mol. The van der Waals surface area contributed by atoms with Crippen molar-refractivity contribution in [2.24, 2.45) is 0 Å². The van der Waals surface area contributed by atoms with E-state index >= 15 is 0 Å². The minimum absolute atomic E-state index is 0. The summed E-state index contributed by atoms with van der Waals surface area (Å²) >= 11 is 8.53. The van der Waals surface area contributed by atoms with Gasteiger partial charge in [0.2, 0.25) is 0 Å². The van der Waals surface area contributed by atoms with E-state index < -0.39 is 0 Å². The van der Waals surface area contributed by atoms with Crippen LogP contribution in [0.2, 0.25) is 0 Å². The van der Waals surface area contributed by atoms with Crippen molar-refractivity contribution >= 4 is 69.2 Å². The normalized spacial score (nSPS) is 4.50. The molecule has 1 nitrogen and oxygen atoms in total. The Morgan fingerprint density at radius 2 is 1.25 bits per heavy atom. The quantitative estimate of drug-likeness (QED) is 0.486. The van der Waals surface area contributed by atoms with Crippen molar-refractivity contribution in [3.63, 3.8) is 0 Å². The van der Waals surface area contributed by atoms with Crippen LogP contribution in [0.15, 0.2) is 0 Å². The molecule has 0 saturated carbocycles. The summed E-state index contributed by atoms with van der Waals surface area (Å²) in [5, 5.41) is 0. The first-order valence-corrected chi connectivity index (χ1v) is 0.926. The second-order valence-electron chi connectivity index (χ2n) is 0.0583. The summed E-state index contributed by atoms with van der Waals surface area (Å²) in [7, 11) is 0. The third-order valence-corrected chi connectivity index (χ3v) is 0. The van der Waals surface area contributed by atoms with Crippen LogP contribution in [0.4, 0.5) is 0 Å². The van der Waals surface area contributed by atoms with Gasteiger partial charge in [-0.15, -0.1) is 0 Å². The first-order chi connectivity index (χ1) is 1.41. The van der Waals surface area contributed by atoms with Gasteiger partial charge >= 0.3 is 45.5 Å². The van der Waals surface area contributed by atoms with Gasteiger partial charge in [-0.05, 0) is 0 Å². The summed E-state index contributed by atoms with van der Waals surface area (Å²) in [6.07, 6.45) is 0. The molecule has 0 fully saturated rings. The molecule has 0 radical (unpaired) electrons. The molecule has 4 heteroatoms. The summed E-state index contributed by atoms with van der Waals surface area (Å²) in [4.78, 5) is 0. The molecule has 0 aliphatic heterocycles. The molecule has 0 spiro atoms. The van der Waals surface area contributed by atoms with Gasteiger partial charge in [-0.3, -0.25) is 0 Å². The molecule has 0 aromatic carbocycles. The van der Waals surface area contributed by atoms with E-state index in [1.54, 1.807) is 0 Å². The minimum atomic E-state index is 0. The Morgan fingerprint density at radius 3 is 1.25 bits per heavy atom. The summed E-state index contributed by atoms with van der Waals surface area (Å²) in [5.41, 5.74) is 0. The fraction of sp³-hybridized carbons (Fsp3) is 0. The molecule has 0 aliphatic carbocycles. The molecule has 4 heavy (non-hydrogen) atoms. The van der Waals surface area contributed by atoms with Crippen molar-refractivity contribution in [2.45, 2.75) is 0 Å². The van der Waals surface area contributed by atoms with Crippen molar-refractivity contribution in [1.82, 2.24) is 0 Å². The Kier molecular flexibility index (Phi) is 20.9. The number of hydrogen-bond donors (Lipinski definition) is 0. The van der Waals surface area contributed by atoms with E-state index in [9.17, 15) is 0 Å². The van der Waals surface area contributed by atoms with Crippen molar-refractivity contribution < 1.29 is 3.84 Å². The van der Waals surface area contributed by atoms with Gasteiger partial charge in [-0.25, -0.2) is 0 Å². The summed E-state index contributed by atoms with van der Waals surface area (Å²) in [5.74, 6) is 0. The number of rotatable bonds is 0. The number of hydrogen-bond acceptors (Lipinski definition) is 1. The Balaban J connectivity index is 0. The van der Waals surface area contributed by atoms with Crippen LogP contribution in [-0.2, 0) is 3.84 Å². The molecule has 0 amide bonds. The Morgan fingerprint density at radius 1 is 1.25 bits per heavy atom. The molecule has 0 bridgehead atoms. The van der Waals surface area contributed by atoms with Gasteiger partial charge in [0, 0.05) is 0 Å². The zero-order valence-electron chi connectivity index (χ0n) is 1.16. The van der Waals surface area contributed by atoms with Crippen LogP contribution in [0, 0.1) is 0 Å². The van der Waals surface area contributed by atoms with Crippen molar-refractivity contribution in [1.29, 1.82) is 0 Å². The van der Waals surface area contributed by atoms with Gasteiger partial charge in [0.15, 0.2) is 0 Å². The van der Waals surface area contributed by atoms with E-state index in [4.69, 9.17) is 0 Å². The third-order valence-electron chi connectivity index (χ3n) is 0. The zero-order valence-corrected chi connectivity index (χ0v) is 2.68. The van der Waals surface area contributed by atoms with Gasteiger partial charge in [0.25, 0.3) is 0 Å². The first-order valence-electron chi connectivity index (χ1n) is 0.309. The summed E-state index contributed by atoms with van der Waals surface area (Å²) in [6, 6.07) is 0. The second kappa shape index (κ2) is 8.90. The second-order valence-corrected chi connectivity index (χ2v) is 0.525. The molecular formula is H2Cl2OSr. The van der Waals surface area contributed by atoms with Crippen LogP contribution >= 0.6 is 23.7 Å². The van der Waals surface area contributed by atoms with Crippen LogP contribution in [0.3, 0.4) is 0 Å². The molecule has 0 atom stereocenters. The molecule has 0 saturated heterocycles. The maximum atomic E-state index is 4.26. The molecular weight excluding hydrogens is 175 g/mol. The van der Waals surface area contributed by atoms with Crippen molar-refractivity contribution in [2.75, 3.05) is 0 Å². The average Bonchev–Trinajstić information content (AvgIpc) is 0.918. The molecule has 0 unspecified atom stereocenters. The van der Waals surface area contributed by atoms with Crippen molar-refractivity contribution in [3.8, 4) is 0 Å². The molecule has 0 rings (SSSR count). The Labute approximate surface area is 71.8 Å². The van der Waals surface area contributed by atoms with E-state index in [1.807, 2.05) is 0 Å². The number of halogens is 2. The maximum absolute atomic E-state index is 4.26. The summed E-state index contributed by atoms with van der Waals surface area (Å²) in [6.45, 7) is 0. The Bertz CT molecular complexity index is 6.00. The van der Waals surface area contributed by atoms with E-state index in [2.05, 4.69) is 27.6 Å². The van der Waals surface area contributed by atoms with Crippen molar-refractivity contribution in [3.05, 3.63) is 0 Å². The van der Waals surface area contributed by atoms with Gasteiger partial charge in [-0.2, -0.15) is 3.84 Å². The predicted molar refractivity (Wildman–Crippen MR) is 21.3 cm³/mol. The monoisotopic (exact) mass is 176 g/mol.